The second-order valence-corrected chi connectivity index (χ2v) is 6.79. The third-order valence-corrected chi connectivity index (χ3v) is 4.90. The van der Waals surface area contributed by atoms with Crippen LogP contribution < -0.4 is 0 Å². The summed E-state index contributed by atoms with van der Waals surface area (Å²) in [4.78, 5) is 4.45. The van der Waals surface area contributed by atoms with Crippen molar-refractivity contribution in [2.45, 2.75) is 6.10 Å². The molecule has 0 unspecified atom stereocenters. The van der Waals surface area contributed by atoms with E-state index in [0.717, 1.165) is 26.2 Å². The van der Waals surface area contributed by atoms with Gasteiger partial charge in [-0.25, -0.2) is 0 Å². The Morgan fingerprint density at radius 3 is 2.72 bits per heavy atom. The number of likely N-dealkylation sites (N-methyl/N-ethyl adjacent to an activating group) is 1. The Morgan fingerprint density at radius 2 is 2.04 bits per heavy atom. The van der Waals surface area contributed by atoms with Crippen molar-refractivity contribution in [2.24, 2.45) is 5.92 Å². The van der Waals surface area contributed by atoms with Crippen molar-refractivity contribution in [3.63, 3.8) is 0 Å². The Hall–Kier alpha value is -1.91. The molecule has 2 atom stereocenters. The van der Waals surface area contributed by atoms with Gasteiger partial charge in [-0.1, -0.05) is 28.9 Å². The van der Waals surface area contributed by atoms with Gasteiger partial charge in [-0.2, -0.15) is 5.26 Å². The summed E-state index contributed by atoms with van der Waals surface area (Å²) in [5.41, 5.74) is 1.07. The molecule has 1 aliphatic heterocycles. The summed E-state index contributed by atoms with van der Waals surface area (Å²) in [5.74, 6) is -0.0801. The van der Waals surface area contributed by atoms with E-state index in [-0.39, 0.29) is 0 Å². The molecule has 0 saturated carbocycles. The Labute approximate surface area is 152 Å². The van der Waals surface area contributed by atoms with Gasteiger partial charge in [0.05, 0.1) is 17.0 Å². The number of nitrogens with zero attached hydrogens (tertiary/aromatic N) is 4. The molecule has 6 nitrogen and oxygen atoms in total. The summed E-state index contributed by atoms with van der Waals surface area (Å²) in [6.45, 7) is 4.24. The van der Waals surface area contributed by atoms with Gasteiger partial charge in [0.15, 0.2) is 5.76 Å². The normalized spacial score (nSPS) is 18.6. The number of hydrogen-bond donors (Lipinski definition) is 1. The van der Waals surface area contributed by atoms with Crippen molar-refractivity contribution >= 4 is 11.6 Å². The Bertz CT molecular complexity index is 750. The lowest BCUT2D eigenvalue weighted by molar-refractivity contribution is 0.0801. The van der Waals surface area contributed by atoms with E-state index in [1.165, 1.54) is 0 Å². The summed E-state index contributed by atoms with van der Waals surface area (Å²) in [5, 5.41) is 24.6. The van der Waals surface area contributed by atoms with Gasteiger partial charge in [-0.05, 0) is 19.2 Å². The molecule has 0 aliphatic carbocycles. The minimum atomic E-state index is -0.996. The number of aromatic nitrogens is 1. The third-order valence-electron chi connectivity index (χ3n) is 4.57. The van der Waals surface area contributed by atoms with Gasteiger partial charge < -0.3 is 14.5 Å². The molecule has 0 radical (unpaired) electrons. The maximum absolute atomic E-state index is 10.6. The SMILES string of the molecule is CN1CCN(C[C@H](C#N)[C@@H](O)c2cc(-c3ccccc3Cl)on2)CC1. The van der Waals surface area contributed by atoms with Gasteiger partial charge in [0, 0.05) is 44.4 Å². The lowest BCUT2D eigenvalue weighted by Gasteiger charge is -2.33. The van der Waals surface area contributed by atoms with Crippen LogP contribution in [0.25, 0.3) is 11.3 Å². The largest absolute Gasteiger partial charge is 0.385 e. The van der Waals surface area contributed by atoms with Gasteiger partial charge in [-0.15, -0.1) is 0 Å². The number of hydrogen-bond acceptors (Lipinski definition) is 6. The van der Waals surface area contributed by atoms with Crippen LogP contribution >= 0.6 is 11.6 Å². The van der Waals surface area contributed by atoms with Gasteiger partial charge in [0.25, 0.3) is 0 Å². The molecule has 3 rings (SSSR count). The van der Waals surface area contributed by atoms with Crippen molar-refractivity contribution in [3.8, 4) is 17.4 Å². The molecule has 2 heterocycles. The van der Waals surface area contributed by atoms with E-state index in [9.17, 15) is 10.4 Å². The fourth-order valence-electron chi connectivity index (χ4n) is 2.94. The summed E-state index contributed by atoms with van der Waals surface area (Å²) in [7, 11) is 2.08. The second kappa shape index (κ2) is 7.98. The van der Waals surface area contributed by atoms with Crippen molar-refractivity contribution in [3.05, 3.63) is 41.0 Å². The monoisotopic (exact) mass is 360 g/mol. The van der Waals surface area contributed by atoms with Crippen molar-refractivity contribution in [2.75, 3.05) is 39.8 Å². The highest BCUT2D eigenvalue weighted by atomic mass is 35.5. The lowest BCUT2D eigenvalue weighted by Crippen LogP contribution is -2.46. The molecule has 1 fully saturated rings. The number of nitriles is 1. The van der Waals surface area contributed by atoms with Crippen LogP contribution in [0.2, 0.25) is 5.02 Å². The molecule has 0 amide bonds. The predicted molar refractivity (Wildman–Crippen MR) is 94.9 cm³/mol. The van der Waals surface area contributed by atoms with E-state index in [1.807, 2.05) is 18.2 Å². The van der Waals surface area contributed by atoms with Crippen LogP contribution in [-0.2, 0) is 0 Å². The number of benzene rings is 1. The van der Waals surface area contributed by atoms with Crippen molar-refractivity contribution < 1.29 is 9.63 Å². The van der Waals surface area contributed by atoms with Gasteiger partial charge in [0.1, 0.15) is 11.8 Å². The summed E-state index contributed by atoms with van der Waals surface area (Å²) >= 11 is 6.16. The molecule has 7 heteroatoms. The lowest BCUT2D eigenvalue weighted by atomic mass is 9.99. The van der Waals surface area contributed by atoms with Crippen LogP contribution in [0.4, 0.5) is 0 Å². The zero-order valence-corrected chi connectivity index (χ0v) is 14.9. The Morgan fingerprint density at radius 1 is 1.32 bits per heavy atom. The average molecular weight is 361 g/mol. The zero-order chi connectivity index (χ0) is 17.8. The molecule has 0 bridgehead atoms. The van der Waals surface area contributed by atoms with Crippen molar-refractivity contribution in [1.29, 1.82) is 5.26 Å². The van der Waals surface area contributed by atoms with Gasteiger partial charge in [0.2, 0.25) is 0 Å². The van der Waals surface area contributed by atoms with E-state index in [4.69, 9.17) is 16.1 Å². The first kappa shape index (κ1) is 17.9. The molecular weight excluding hydrogens is 340 g/mol. The average Bonchev–Trinajstić information content (AvgIpc) is 3.11. The van der Waals surface area contributed by atoms with Crippen molar-refractivity contribution in [1.82, 2.24) is 15.0 Å². The maximum atomic E-state index is 10.6. The Balaban J connectivity index is 1.70. The number of piperazine rings is 1. The first-order valence-electron chi connectivity index (χ1n) is 8.28. The predicted octanol–water partition coefficient (Wildman–Crippen LogP) is 2.42. The molecule has 1 N–H and O–H groups in total. The standard InChI is InChI=1S/C18H21ClN4O2/c1-22-6-8-23(9-7-22)12-13(11-20)18(24)16-10-17(25-21-16)14-4-2-3-5-15(14)19/h2-5,10,13,18,24H,6-9,12H2,1H3/t13-,18+/m0/s1. The zero-order valence-electron chi connectivity index (χ0n) is 14.1. The fourth-order valence-corrected chi connectivity index (χ4v) is 3.17. The van der Waals surface area contributed by atoms with Gasteiger partial charge in [-0.3, -0.25) is 4.90 Å². The number of rotatable bonds is 5. The van der Waals surface area contributed by atoms with E-state index >= 15 is 0 Å². The summed E-state index contributed by atoms with van der Waals surface area (Å²) in [6, 6.07) is 11.1. The van der Waals surface area contributed by atoms with E-state index in [1.54, 1.807) is 12.1 Å². The molecule has 0 spiro atoms. The molecule has 25 heavy (non-hydrogen) atoms. The summed E-state index contributed by atoms with van der Waals surface area (Å²) in [6.07, 6.45) is -0.996. The highest BCUT2D eigenvalue weighted by molar-refractivity contribution is 6.33. The van der Waals surface area contributed by atoms with Crippen LogP contribution in [0.5, 0.6) is 0 Å². The van der Waals surface area contributed by atoms with E-state index in [2.05, 4.69) is 28.1 Å². The molecule has 1 aromatic heterocycles. The summed E-state index contributed by atoms with van der Waals surface area (Å²) < 4.78 is 5.33. The van der Waals surface area contributed by atoms with Crippen LogP contribution in [0.15, 0.2) is 34.9 Å². The molecule has 1 aromatic carbocycles. The minimum absolute atomic E-state index is 0.357. The minimum Gasteiger partial charge on any atom is -0.385 e. The highest BCUT2D eigenvalue weighted by Crippen LogP contribution is 2.31. The smallest absolute Gasteiger partial charge is 0.168 e. The fraction of sp³-hybridized carbons (Fsp3) is 0.444. The van der Waals surface area contributed by atoms with Crippen LogP contribution in [-0.4, -0.2) is 59.8 Å². The molecular formula is C18H21ClN4O2. The van der Waals surface area contributed by atoms with Crippen LogP contribution in [0.3, 0.4) is 0 Å². The first-order chi connectivity index (χ1) is 12.1. The molecule has 1 saturated heterocycles. The molecule has 1 aliphatic rings. The van der Waals surface area contributed by atoms with Crippen LogP contribution in [0, 0.1) is 17.2 Å². The molecule has 132 valence electrons. The Kier molecular flexibility index (Phi) is 5.71. The quantitative estimate of drug-likeness (QED) is 0.882. The number of aliphatic hydroxyl groups excluding tert-OH is 1. The van der Waals surface area contributed by atoms with E-state index in [0.29, 0.717) is 28.6 Å². The first-order valence-corrected chi connectivity index (χ1v) is 8.66. The van der Waals surface area contributed by atoms with Crippen LogP contribution in [0.1, 0.15) is 11.8 Å². The maximum Gasteiger partial charge on any atom is 0.168 e. The second-order valence-electron chi connectivity index (χ2n) is 6.38. The highest BCUT2D eigenvalue weighted by Gasteiger charge is 2.27. The molecule has 2 aromatic rings. The number of aliphatic hydroxyl groups is 1. The third kappa shape index (κ3) is 4.20. The topological polar surface area (TPSA) is 76.5 Å². The van der Waals surface area contributed by atoms with E-state index < -0.39 is 12.0 Å². The number of halogens is 1. The van der Waals surface area contributed by atoms with Gasteiger partial charge >= 0.3 is 0 Å².